The van der Waals surface area contributed by atoms with Gasteiger partial charge in [-0.1, -0.05) is 31.0 Å². The van der Waals surface area contributed by atoms with Crippen LogP contribution in [0.25, 0.3) is 0 Å². The standard InChI is InChI=1S/C15H18O/c1-11(16)13-6-4-5-12-9-15(10-14(12)13)7-2-3-8-15/h4-6H,2-3,7-10H2,1H3. The normalized spacial score (nSPS) is 21.3. The molecule has 1 fully saturated rings. The second-order valence-electron chi connectivity index (χ2n) is 5.56. The maximum Gasteiger partial charge on any atom is 0.160 e. The highest BCUT2D eigenvalue weighted by molar-refractivity contribution is 5.96. The van der Waals surface area contributed by atoms with Gasteiger partial charge in [-0.25, -0.2) is 0 Å². The first-order chi connectivity index (χ1) is 7.70. The lowest BCUT2D eigenvalue weighted by atomic mass is 9.83. The summed E-state index contributed by atoms with van der Waals surface area (Å²) in [7, 11) is 0. The molecule has 0 atom stereocenters. The summed E-state index contributed by atoms with van der Waals surface area (Å²) in [5, 5.41) is 0. The zero-order valence-corrected chi connectivity index (χ0v) is 9.88. The van der Waals surface area contributed by atoms with Gasteiger partial charge in [-0.3, -0.25) is 4.79 Å². The molecule has 1 aromatic rings. The van der Waals surface area contributed by atoms with Gasteiger partial charge >= 0.3 is 0 Å². The lowest BCUT2D eigenvalue weighted by Crippen LogP contribution is -2.16. The molecule has 1 aromatic carbocycles. The topological polar surface area (TPSA) is 17.1 Å². The van der Waals surface area contributed by atoms with Gasteiger partial charge in [0.15, 0.2) is 5.78 Å². The second kappa shape index (κ2) is 3.44. The molecule has 0 heterocycles. The van der Waals surface area contributed by atoms with Crippen LogP contribution in [0.4, 0.5) is 0 Å². The number of ketones is 1. The summed E-state index contributed by atoms with van der Waals surface area (Å²) >= 11 is 0. The third-order valence-corrected chi connectivity index (χ3v) is 4.43. The number of rotatable bonds is 1. The van der Waals surface area contributed by atoms with Crippen LogP contribution < -0.4 is 0 Å². The smallest absolute Gasteiger partial charge is 0.160 e. The van der Waals surface area contributed by atoms with Gasteiger partial charge < -0.3 is 0 Å². The number of hydrogen-bond acceptors (Lipinski definition) is 1. The quantitative estimate of drug-likeness (QED) is 0.653. The fourth-order valence-electron chi connectivity index (χ4n) is 3.66. The van der Waals surface area contributed by atoms with E-state index in [1.54, 1.807) is 6.92 Å². The Morgan fingerprint density at radius 3 is 2.62 bits per heavy atom. The molecule has 16 heavy (non-hydrogen) atoms. The molecule has 1 spiro atoms. The zero-order chi connectivity index (χ0) is 11.2. The van der Waals surface area contributed by atoms with Crippen molar-refractivity contribution < 1.29 is 4.79 Å². The van der Waals surface area contributed by atoms with E-state index in [9.17, 15) is 4.79 Å². The largest absolute Gasteiger partial charge is 0.295 e. The average Bonchev–Trinajstić information content (AvgIpc) is 2.84. The third kappa shape index (κ3) is 1.41. The number of hydrogen-bond donors (Lipinski definition) is 0. The molecular weight excluding hydrogens is 196 g/mol. The van der Waals surface area contributed by atoms with Crippen LogP contribution in [0, 0.1) is 5.41 Å². The summed E-state index contributed by atoms with van der Waals surface area (Å²) in [6, 6.07) is 6.26. The Kier molecular flexibility index (Phi) is 2.17. The van der Waals surface area contributed by atoms with Crippen LogP contribution in [0.15, 0.2) is 18.2 Å². The lowest BCUT2D eigenvalue weighted by molar-refractivity contribution is 0.101. The van der Waals surface area contributed by atoms with E-state index >= 15 is 0 Å². The molecule has 0 aromatic heterocycles. The lowest BCUT2D eigenvalue weighted by Gasteiger charge is -2.21. The minimum absolute atomic E-state index is 0.229. The summed E-state index contributed by atoms with van der Waals surface area (Å²) in [6.45, 7) is 1.69. The molecule has 3 rings (SSSR count). The van der Waals surface area contributed by atoms with Crippen LogP contribution in [-0.4, -0.2) is 5.78 Å². The highest BCUT2D eigenvalue weighted by Gasteiger charge is 2.40. The molecule has 0 N–H and O–H groups in total. The molecule has 0 saturated heterocycles. The monoisotopic (exact) mass is 214 g/mol. The number of carbonyl (C=O) groups is 1. The van der Waals surface area contributed by atoms with E-state index in [2.05, 4.69) is 6.07 Å². The van der Waals surface area contributed by atoms with Gasteiger partial charge in [-0.2, -0.15) is 0 Å². The fourth-order valence-corrected chi connectivity index (χ4v) is 3.66. The maximum absolute atomic E-state index is 11.6. The van der Waals surface area contributed by atoms with E-state index in [0.717, 1.165) is 12.0 Å². The molecule has 0 amide bonds. The Morgan fingerprint density at radius 2 is 1.94 bits per heavy atom. The molecule has 2 aliphatic rings. The van der Waals surface area contributed by atoms with Gasteiger partial charge in [0.2, 0.25) is 0 Å². The van der Waals surface area contributed by atoms with Crippen molar-refractivity contribution in [2.45, 2.75) is 45.4 Å². The Balaban J connectivity index is 2.02. The molecule has 0 unspecified atom stereocenters. The van der Waals surface area contributed by atoms with Crippen LogP contribution in [-0.2, 0) is 12.8 Å². The third-order valence-electron chi connectivity index (χ3n) is 4.43. The van der Waals surface area contributed by atoms with E-state index in [4.69, 9.17) is 0 Å². The summed E-state index contributed by atoms with van der Waals surface area (Å²) < 4.78 is 0. The SMILES string of the molecule is CC(=O)c1cccc2c1CC1(CCCC1)C2. The number of Topliss-reactive ketones (excluding diaryl/α,β-unsaturated/α-hetero) is 1. The summed E-state index contributed by atoms with van der Waals surface area (Å²) in [5.74, 6) is 0.229. The van der Waals surface area contributed by atoms with Crippen molar-refractivity contribution in [1.82, 2.24) is 0 Å². The Morgan fingerprint density at radius 1 is 1.19 bits per heavy atom. The van der Waals surface area contributed by atoms with Crippen molar-refractivity contribution >= 4 is 5.78 Å². The molecule has 1 saturated carbocycles. The molecule has 0 radical (unpaired) electrons. The Hall–Kier alpha value is -1.11. The molecule has 84 valence electrons. The Bertz CT molecular complexity index is 439. The first kappa shape index (κ1) is 10.1. The number of carbonyl (C=O) groups excluding carboxylic acids is 1. The molecule has 0 aliphatic heterocycles. The number of fused-ring (bicyclic) bond motifs is 1. The molecule has 1 nitrogen and oxygen atoms in total. The van der Waals surface area contributed by atoms with Crippen molar-refractivity contribution in [2.75, 3.05) is 0 Å². The second-order valence-corrected chi connectivity index (χ2v) is 5.56. The van der Waals surface area contributed by atoms with Crippen molar-refractivity contribution in [2.24, 2.45) is 5.41 Å². The minimum atomic E-state index is 0.229. The van der Waals surface area contributed by atoms with Crippen molar-refractivity contribution in [3.63, 3.8) is 0 Å². The van der Waals surface area contributed by atoms with Crippen LogP contribution in [0.3, 0.4) is 0 Å². The summed E-state index contributed by atoms with van der Waals surface area (Å²) in [5.41, 5.74) is 4.29. The highest BCUT2D eigenvalue weighted by Crippen LogP contribution is 2.49. The fraction of sp³-hybridized carbons (Fsp3) is 0.533. The van der Waals surface area contributed by atoms with Gasteiger partial charge in [0, 0.05) is 5.56 Å². The predicted molar refractivity (Wildman–Crippen MR) is 64.8 cm³/mol. The Labute approximate surface area is 96.9 Å². The molecular formula is C15H18O. The van der Waals surface area contributed by atoms with E-state index in [-0.39, 0.29) is 5.78 Å². The van der Waals surface area contributed by atoms with E-state index in [0.29, 0.717) is 5.41 Å². The van der Waals surface area contributed by atoms with E-state index in [1.807, 2.05) is 12.1 Å². The van der Waals surface area contributed by atoms with E-state index < -0.39 is 0 Å². The van der Waals surface area contributed by atoms with Crippen LogP contribution in [0.5, 0.6) is 0 Å². The van der Waals surface area contributed by atoms with Gasteiger partial charge in [-0.15, -0.1) is 0 Å². The average molecular weight is 214 g/mol. The van der Waals surface area contributed by atoms with Crippen LogP contribution >= 0.6 is 0 Å². The van der Waals surface area contributed by atoms with Gasteiger partial charge in [-0.05, 0) is 49.1 Å². The first-order valence-electron chi connectivity index (χ1n) is 6.32. The zero-order valence-electron chi connectivity index (χ0n) is 9.88. The van der Waals surface area contributed by atoms with Gasteiger partial charge in [0.25, 0.3) is 0 Å². The molecule has 2 aliphatic carbocycles. The first-order valence-corrected chi connectivity index (χ1v) is 6.32. The highest BCUT2D eigenvalue weighted by atomic mass is 16.1. The van der Waals surface area contributed by atoms with Gasteiger partial charge in [0.05, 0.1) is 0 Å². The van der Waals surface area contributed by atoms with E-state index in [1.165, 1.54) is 43.2 Å². The summed E-state index contributed by atoms with van der Waals surface area (Å²) in [6.07, 6.45) is 7.84. The maximum atomic E-state index is 11.6. The van der Waals surface area contributed by atoms with Gasteiger partial charge in [0.1, 0.15) is 0 Å². The minimum Gasteiger partial charge on any atom is -0.295 e. The summed E-state index contributed by atoms with van der Waals surface area (Å²) in [4.78, 5) is 11.6. The van der Waals surface area contributed by atoms with Crippen molar-refractivity contribution in [3.05, 3.63) is 34.9 Å². The van der Waals surface area contributed by atoms with Crippen molar-refractivity contribution in [1.29, 1.82) is 0 Å². The van der Waals surface area contributed by atoms with Crippen LogP contribution in [0.2, 0.25) is 0 Å². The molecule has 1 heteroatoms. The predicted octanol–water partition coefficient (Wildman–Crippen LogP) is 3.55. The number of benzene rings is 1. The van der Waals surface area contributed by atoms with Crippen LogP contribution in [0.1, 0.15) is 54.1 Å². The van der Waals surface area contributed by atoms with Crippen molar-refractivity contribution in [3.8, 4) is 0 Å². The molecule has 0 bridgehead atoms.